The lowest BCUT2D eigenvalue weighted by atomic mass is 10.1. The van der Waals surface area contributed by atoms with Crippen molar-refractivity contribution in [2.45, 2.75) is 44.4 Å². The largest absolute Gasteiger partial charge is 0.465 e. The number of carbonyl (C=O) groups excluding carboxylic acids is 1. The minimum atomic E-state index is -4.42. The smallest absolute Gasteiger partial charge is 0.403 e. The Morgan fingerprint density at radius 2 is 2.24 bits per heavy atom. The van der Waals surface area contributed by atoms with Crippen LogP contribution in [0.25, 0.3) is 0 Å². The van der Waals surface area contributed by atoms with Crippen LogP contribution >= 0.6 is 7.75 Å². The number of nitrogens with two attached hydrogens (primary N) is 1. The number of aliphatic hydroxyl groups excluding tert-OH is 1. The molecule has 1 aromatic rings. The SMILES string of the molecule is CCOC(=O)[C@H](C)NP(=O)(O)OC[C@H]1O[C@@H](n2ccc(N)nc2=O)C(OC)C1O. The third kappa shape index (κ3) is 5.82. The Morgan fingerprint density at radius 3 is 2.83 bits per heavy atom. The molecule has 164 valence electrons. The van der Waals surface area contributed by atoms with E-state index in [0.29, 0.717) is 0 Å². The van der Waals surface area contributed by atoms with Crippen molar-refractivity contribution in [2.75, 3.05) is 26.1 Å². The fourth-order valence-electron chi connectivity index (χ4n) is 2.73. The van der Waals surface area contributed by atoms with Gasteiger partial charge in [0, 0.05) is 13.3 Å². The molecular weight excluding hydrogens is 411 g/mol. The lowest BCUT2D eigenvalue weighted by Crippen LogP contribution is -2.38. The maximum atomic E-state index is 12.2. The lowest BCUT2D eigenvalue weighted by Gasteiger charge is -2.20. The summed E-state index contributed by atoms with van der Waals surface area (Å²) < 4.78 is 33.7. The van der Waals surface area contributed by atoms with Crippen LogP contribution in [-0.4, -0.2) is 70.2 Å². The minimum absolute atomic E-state index is 0.0154. The normalized spacial score (nSPS) is 27.3. The first-order valence-corrected chi connectivity index (χ1v) is 10.3. The van der Waals surface area contributed by atoms with Gasteiger partial charge in [-0.1, -0.05) is 0 Å². The Bertz CT molecular complexity index is 819. The standard InChI is InChI=1S/C15H25N4O9P/c1-4-26-14(21)8(2)18-29(23,24)27-7-9-11(20)12(25-3)13(28-9)19-6-5-10(16)17-15(19)22/h5-6,8-9,11-13,20H,4,7H2,1-3H3,(H2,16,17,22)(H2,18,23,24)/t8-,9+,11?,12?,13+/m0/s1. The second-order valence-corrected chi connectivity index (χ2v) is 7.77. The van der Waals surface area contributed by atoms with Crippen LogP contribution in [0, 0.1) is 0 Å². The first-order chi connectivity index (χ1) is 13.6. The van der Waals surface area contributed by atoms with E-state index in [4.69, 9.17) is 24.5 Å². The van der Waals surface area contributed by atoms with Gasteiger partial charge >= 0.3 is 19.4 Å². The van der Waals surface area contributed by atoms with Gasteiger partial charge in [-0.15, -0.1) is 0 Å². The Labute approximate surface area is 166 Å². The van der Waals surface area contributed by atoms with E-state index in [0.717, 1.165) is 4.57 Å². The second-order valence-electron chi connectivity index (χ2n) is 6.22. The van der Waals surface area contributed by atoms with E-state index in [-0.39, 0.29) is 12.4 Å². The number of nitrogen functional groups attached to an aromatic ring is 1. The molecular formula is C15H25N4O9P. The zero-order chi connectivity index (χ0) is 21.8. The van der Waals surface area contributed by atoms with Crippen molar-refractivity contribution in [3.05, 3.63) is 22.7 Å². The molecule has 13 nitrogen and oxygen atoms in total. The number of hydrogen-bond acceptors (Lipinski definition) is 10. The number of anilines is 1. The molecule has 0 bridgehead atoms. The van der Waals surface area contributed by atoms with Crippen LogP contribution in [0.3, 0.4) is 0 Å². The molecule has 14 heteroatoms. The molecule has 0 spiro atoms. The first-order valence-electron chi connectivity index (χ1n) is 8.72. The van der Waals surface area contributed by atoms with Gasteiger partial charge in [-0.2, -0.15) is 4.98 Å². The molecule has 1 saturated heterocycles. The van der Waals surface area contributed by atoms with Crippen LogP contribution in [0.5, 0.6) is 0 Å². The number of nitrogens with zero attached hydrogens (tertiary/aromatic N) is 2. The minimum Gasteiger partial charge on any atom is -0.465 e. The molecule has 29 heavy (non-hydrogen) atoms. The fraction of sp³-hybridized carbons (Fsp3) is 0.667. The van der Waals surface area contributed by atoms with Crippen LogP contribution in [0.2, 0.25) is 0 Å². The highest BCUT2D eigenvalue weighted by atomic mass is 31.2. The maximum absolute atomic E-state index is 12.2. The van der Waals surface area contributed by atoms with Crippen LogP contribution < -0.4 is 16.5 Å². The highest BCUT2D eigenvalue weighted by Crippen LogP contribution is 2.40. The average Bonchev–Trinajstić information content (AvgIpc) is 2.95. The molecule has 0 aliphatic carbocycles. The fourth-order valence-corrected chi connectivity index (χ4v) is 3.75. The van der Waals surface area contributed by atoms with Crippen LogP contribution in [0.15, 0.2) is 17.1 Å². The molecule has 0 radical (unpaired) electrons. The van der Waals surface area contributed by atoms with Gasteiger partial charge in [-0.25, -0.2) is 14.4 Å². The van der Waals surface area contributed by atoms with Crippen molar-refractivity contribution in [1.82, 2.24) is 14.6 Å². The first kappa shape index (κ1) is 23.4. The number of nitrogens with one attached hydrogen (secondary N) is 1. The van der Waals surface area contributed by atoms with Crippen LogP contribution in [0.1, 0.15) is 20.1 Å². The van der Waals surface area contributed by atoms with E-state index in [1.807, 2.05) is 0 Å². The number of aliphatic hydroxyl groups is 1. The molecule has 2 rings (SSSR count). The molecule has 3 unspecified atom stereocenters. The number of esters is 1. The Balaban J connectivity index is 2.05. The number of carbonyl (C=O) groups is 1. The molecule has 2 heterocycles. The van der Waals surface area contributed by atoms with Crippen molar-refractivity contribution >= 4 is 19.5 Å². The van der Waals surface area contributed by atoms with Gasteiger partial charge in [0.05, 0.1) is 13.2 Å². The molecule has 6 atom stereocenters. The average molecular weight is 436 g/mol. The molecule has 1 aliphatic rings. The van der Waals surface area contributed by atoms with E-state index < -0.39 is 56.6 Å². The van der Waals surface area contributed by atoms with E-state index in [1.54, 1.807) is 6.92 Å². The quantitative estimate of drug-likeness (QED) is 0.267. The van der Waals surface area contributed by atoms with E-state index in [1.165, 1.54) is 26.3 Å². The van der Waals surface area contributed by atoms with Crippen molar-refractivity contribution in [3.8, 4) is 0 Å². The molecule has 1 aliphatic heterocycles. The number of rotatable bonds is 9. The Kier molecular flexibility index (Phi) is 7.88. The maximum Gasteiger partial charge on any atom is 0.403 e. The number of hydrogen-bond donors (Lipinski definition) is 4. The number of aromatic nitrogens is 2. The van der Waals surface area contributed by atoms with Crippen molar-refractivity contribution in [2.24, 2.45) is 0 Å². The summed E-state index contributed by atoms with van der Waals surface area (Å²) in [5.41, 5.74) is 4.74. The second kappa shape index (κ2) is 9.76. The summed E-state index contributed by atoms with van der Waals surface area (Å²) in [6.07, 6.45) is -3.09. The highest BCUT2D eigenvalue weighted by molar-refractivity contribution is 7.50. The molecule has 1 fully saturated rings. The summed E-state index contributed by atoms with van der Waals surface area (Å²) in [4.78, 5) is 37.1. The number of ether oxygens (including phenoxy) is 3. The monoisotopic (exact) mass is 436 g/mol. The Hall–Kier alpha value is -1.86. The number of methoxy groups -OCH3 is 1. The van der Waals surface area contributed by atoms with Gasteiger partial charge in [0.2, 0.25) is 0 Å². The zero-order valence-electron chi connectivity index (χ0n) is 16.1. The highest BCUT2D eigenvalue weighted by Gasteiger charge is 2.46. The predicted molar refractivity (Wildman–Crippen MR) is 98.6 cm³/mol. The summed E-state index contributed by atoms with van der Waals surface area (Å²) in [7, 11) is -3.11. The van der Waals surface area contributed by atoms with Crippen LogP contribution in [-0.2, 0) is 28.1 Å². The van der Waals surface area contributed by atoms with Gasteiger partial charge in [0.15, 0.2) is 6.23 Å². The van der Waals surface area contributed by atoms with E-state index in [9.17, 15) is 24.2 Å². The molecule has 0 aromatic carbocycles. The van der Waals surface area contributed by atoms with E-state index in [2.05, 4.69) is 10.1 Å². The van der Waals surface area contributed by atoms with Crippen LogP contribution in [0.4, 0.5) is 5.82 Å². The van der Waals surface area contributed by atoms with Gasteiger partial charge in [0.1, 0.15) is 30.2 Å². The Morgan fingerprint density at radius 1 is 1.55 bits per heavy atom. The van der Waals surface area contributed by atoms with Gasteiger partial charge in [0.25, 0.3) is 0 Å². The molecule has 5 N–H and O–H groups in total. The lowest BCUT2D eigenvalue weighted by molar-refractivity contribution is -0.144. The summed E-state index contributed by atoms with van der Waals surface area (Å²) in [6, 6.07) is 0.273. The van der Waals surface area contributed by atoms with Crippen molar-refractivity contribution in [3.63, 3.8) is 0 Å². The summed E-state index contributed by atoms with van der Waals surface area (Å²) >= 11 is 0. The topological polar surface area (TPSA) is 184 Å². The zero-order valence-corrected chi connectivity index (χ0v) is 17.0. The summed E-state index contributed by atoms with van der Waals surface area (Å²) in [6.45, 7) is 2.53. The summed E-state index contributed by atoms with van der Waals surface area (Å²) in [5, 5.41) is 12.5. The van der Waals surface area contributed by atoms with Gasteiger partial charge in [-0.3, -0.25) is 13.9 Å². The van der Waals surface area contributed by atoms with Gasteiger partial charge < -0.3 is 29.9 Å². The molecule has 0 amide bonds. The third-order valence-corrected chi connectivity index (χ3v) is 5.33. The van der Waals surface area contributed by atoms with Crippen molar-refractivity contribution in [1.29, 1.82) is 0 Å². The van der Waals surface area contributed by atoms with Crippen molar-refractivity contribution < 1.29 is 38.1 Å². The molecule has 0 saturated carbocycles. The predicted octanol–water partition coefficient (Wildman–Crippen LogP) is -1.24. The summed E-state index contributed by atoms with van der Waals surface area (Å²) in [5.74, 6) is -0.709. The van der Waals surface area contributed by atoms with Gasteiger partial charge in [-0.05, 0) is 19.9 Å². The van der Waals surface area contributed by atoms with E-state index >= 15 is 0 Å². The molecule has 1 aromatic heterocycles. The third-order valence-electron chi connectivity index (χ3n) is 4.12.